The van der Waals surface area contributed by atoms with Gasteiger partial charge in [-0.05, 0) is 47.4 Å². The number of terminal acetylenes is 1. The standard InChI is InChI=1S/C35H33N3OS.C2H2/c1-26-12-6-3-9-15-30-16-10-5-11-21-35(26,25-36)24-34(30,2)32(39)38-33-37-31(23-40-33)22-27-17-19-29(20-18-27)28-13-7-4-8-14-28;1-2/h3-14,17-21,23,30H,1,15-16,22,24H2,2H3,(H,37,38,39);1-2H/b9-3-,10-5-,12-6-,21-11-;. The van der Waals surface area contributed by atoms with Crippen LogP contribution in [0.5, 0.6) is 0 Å². The average Bonchev–Trinajstić information content (AvgIpc) is 3.48. The Kier molecular flexibility index (Phi) is 9.92. The average molecular weight is 570 g/mol. The maximum atomic E-state index is 14.1. The van der Waals surface area contributed by atoms with Gasteiger partial charge in [-0.25, -0.2) is 4.98 Å². The Bertz CT molecular complexity index is 1580. The third kappa shape index (κ3) is 6.77. The molecule has 210 valence electrons. The van der Waals surface area contributed by atoms with Crippen molar-refractivity contribution in [2.45, 2.75) is 32.6 Å². The number of nitriles is 1. The van der Waals surface area contributed by atoms with Gasteiger partial charge in [0.1, 0.15) is 5.41 Å². The third-order valence-corrected chi connectivity index (χ3v) is 8.88. The molecular formula is C37H35N3OS. The van der Waals surface area contributed by atoms with E-state index < -0.39 is 10.8 Å². The van der Waals surface area contributed by atoms with E-state index in [2.05, 4.69) is 79.4 Å². The molecule has 2 aliphatic rings. The molecule has 3 unspecified atom stereocenters. The van der Waals surface area contributed by atoms with Crippen LogP contribution >= 0.6 is 11.3 Å². The van der Waals surface area contributed by atoms with Crippen LogP contribution in [-0.4, -0.2) is 10.9 Å². The lowest BCUT2D eigenvalue weighted by Crippen LogP contribution is -2.44. The number of thiazole rings is 1. The highest BCUT2D eigenvalue weighted by atomic mass is 32.1. The van der Waals surface area contributed by atoms with Crippen LogP contribution in [0.15, 0.2) is 121 Å². The summed E-state index contributed by atoms with van der Waals surface area (Å²) in [7, 11) is 0. The highest BCUT2D eigenvalue weighted by Gasteiger charge is 2.48. The van der Waals surface area contributed by atoms with Crippen molar-refractivity contribution in [3.05, 3.63) is 132 Å². The Hall–Kier alpha value is -4.71. The fourth-order valence-electron chi connectivity index (χ4n) is 5.56. The minimum Gasteiger partial charge on any atom is -0.301 e. The fourth-order valence-corrected chi connectivity index (χ4v) is 6.26. The summed E-state index contributed by atoms with van der Waals surface area (Å²) in [5.41, 5.74) is 3.32. The Labute approximate surface area is 253 Å². The number of fused-ring (bicyclic) bond motifs is 3. The molecule has 4 nitrogen and oxygen atoms in total. The largest absolute Gasteiger partial charge is 0.301 e. The Balaban J connectivity index is 0.00000198. The van der Waals surface area contributed by atoms with Gasteiger partial charge >= 0.3 is 0 Å². The maximum Gasteiger partial charge on any atom is 0.232 e. The summed E-state index contributed by atoms with van der Waals surface area (Å²) in [5, 5.41) is 16.1. The predicted octanol–water partition coefficient (Wildman–Crippen LogP) is 8.70. The van der Waals surface area contributed by atoms with E-state index in [1.807, 2.05) is 67.0 Å². The zero-order valence-electron chi connectivity index (χ0n) is 23.9. The minimum absolute atomic E-state index is 0.00878. The molecule has 1 amide bonds. The van der Waals surface area contributed by atoms with Crippen molar-refractivity contribution in [3.63, 3.8) is 0 Å². The van der Waals surface area contributed by atoms with Gasteiger partial charge in [0.05, 0.1) is 17.2 Å². The van der Waals surface area contributed by atoms with Gasteiger partial charge in [-0.3, -0.25) is 4.79 Å². The van der Waals surface area contributed by atoms with Crippen molar-refractivity contribution < 1.29 is 4.79 Å². The molecule has 0 fully saturated rings. The molecule has 1 heterocycles. The summed E-state index contributed by atoms with van der Waals surface area (Å²) < 4.78 is 0. The van der Waals surface area contributed by atoms with Crippen LogP contribution in [-0.2, 0) is 11.2 Å². The van der Waals surface area contributed by atoms with E-state index in [4.69, 9.17) is 4.98 Å². The van der Waals surface area contributed by atoms with E-state index in [0.717, 1.165) is 24.1 Å². The van der Waals surface area contributed by atoms with E-state index in [0.29, 0.717) is 23.5 Å². The van der Waals surface area contributed by atoms with E-state index >= 15 is 0 Å². The lowest BCUT2D eigenvalue weighted by molar-refractivity contribution is -0.129. The summed E-state index contributed by atoms with van der Waals surface area (Å²) >= 11 is 1.44. The molecule has 1 N–H and O–H groups in total. The van der Waals surface area contributed by atoms with Crippen molar-refractivity contribution in [1.29, 1.82) is 5.26 Å². The van der Waals surface area contributed by atoms with Crippen molar-refractivity contribution in [3.8, 4) is 30.0 Å². The van der Waals surface area contributed by atoms with Crippen molar-refractivity contribution in [2.75, 3.05) is 5.32 Å². The smallest absolute Gasteiger partial charge is 0.232 e. The van der Waals surface area contributed by atoms with Crippen LogP contribution in [0.4, 0.5) is 5.13 Å². The molecule has 2 aliphatic carbocycles. The lowest BCUT2D eigenvalue weighted by Gasteiger charge is -2.40. The van der Waals surface area contributed by atoms with Gasteiger partial charge in [0.25, 0.3) is 0 Å². The van der Waals surface area contributed by atoms with Gasteiger partial charge in [-0.1, -0.05) is 117 Å². The molecule has 0 saturated carbocycles. The summed E-state index contributed by atoms with van der Waals surface area (Å²) in [6, 6.07) is 21.3. The van der Waals surface area contributed by atoms with E-state index in [-0.39, 0.29) is 11.8 Å². The van der Waals surface area contributed by atoms with Crippen LogP contribution in [0.3, 0.4) is 0 Å². The Morgan fingerprint density at radius 2 is 1.71 bits per heavy atom. The van der Waals surface area contributed by atoms with Gasteiger partial charge in [-0.2, -0.15) is 5.26 Å². The van der Waals surface area contributed by atoms with Crippen molar-refractivity contribution in [2.24, 2.45) is 16.7 Å². The zero-order valence-corrected chi connectivity index (χ0v) is 24.7. The summed E-state index contributed by atoms with van der Waals surface area (Å²) in [6.07, 6.45) is 26.2. The van der Waals surface area contributed by atoms with E-state index in [9.17, 15) is 10.1 Å². The zero-order chi connectivity index (χ0) is 30.0. The Morgan fingerprint density at radius 1 is 1.05 bits per heavy atom. The third-order valence-electron chi connectivity index (χ3n) is 8.07. The van der Waals surface area contributed by atoms with Gasteiger partial charge in [0.15, 0.2) is 5.13 Å². The first-order valence-electron chi connectivity index (χ1n) is 13.9. The molecule has 3 atom stereocenters. The number of rotatable bonds is 5. The molecule has 5 rings (SSSR count). The van der Waals surface area contributed by atoms with Crippen LogP contribution in [0.25, 0.3) is 11.1 Å². The monoisotopic (exact) mass is 569 g/mol. The van der Waals surface area contributed by atoms with Crippen LogP contribution in [0.1, 0.15) is 37.4 Å². The van der Waals surface area contributed by atoms with Crippen molar-refractivity contribution in [1.82, 2.24) is 4.98 Å². The van der Waals surface area contributed by atoms with E-state index in [1.165, 1.54) is 22.5 Å². The highest BCUT2D eigenvalue weighted by Crippen LogP contribution is 2.48. The molecular weight excluding hydrogens is 534 g/mol. The highest BCUT2D eigenvalue weighted by molar-refractivity contribution is 7.13. The molecule has 2 bridgehead atoms. The number of nitrogens with one attached hydrogen (secondary N) is 1. The first-order valence-corrected chi connectivity index (χ1v) is 14.8. The molecule has 2 aromatic carbocycles. The number of carbonyl (C=O) groups is 1. The second-order valence-electron chi connectivity index (χ2n) is 10.8. The molecule has 1 aromatic heterocycles. The number of nitrogens with zero attached hydrogens (tertiary/aromatic N) is 2. The number of aromatic nitrogens is 1. The fraction of sp³-hybridized carbons (Fsp3) is 0.216. The van der Waals surface area contributed by atoms with E-state index in [1.54, 1.807) is 0 Å². The van der Waals surface area contributed by atoms with Gasteiger partial charge in [0.2, 0.25) is 5.91 Å². The minimum atomic E-state index is -0.985. The topological polar surface area (TPSA) is 65.8 Å². The predicted molar refractivity (Wildman–Crippen MR) is 175 cm³/mol. The van der Waals surface area contributed by atoms with Gasteiger partial charge in [0, 0.05) is 11.8 Å². The summed E-state index contributed by atoms with van der Waals surface area (Å²) in [6.45, 7) is 6.21. The van der Waals surface area contributed by atoms with Gasteiger partial charge < -0.3 is 5.32 Å². The number of anilines is 1. The van der Waals surface area contributed by atoms with Crippen LogP contribution in [0.2, 0.25) is 0 Å². The molecule has 3 aromatic rings. The Morgan fingerprint density at radius 3 is 2.40 bits per heavy atom. The molecule has 0 spiro atoms. The van der Waals surface area contributed by atoms with Crippen molar-refractivity contribution >= 4 is 22.4 Å². The normalized spacial score (nSPS) is 26.0. The lowest BCUT2D eigenvalue weighted by atomic mass is 9.62. The number of allylic oxidation sites excluding steroid dienone is 9. The summed E-state index contributed by atoms with van der Waals surface area (Å²) in [5.74, 6) is -0.103. The molecule has 0 radical (unpaired) electrons. The maximum absolute atomic E-state index is 14.1. The molecule has 42 heavy (non-hydrogen) atoms. The van der Waals surface area contributed by atoms with Gasteiger partial charge in [-0.15, -0.1) is 24.2 Å². The SMILES string of the molecule is C#C.C=C1/C=C\C=C/CC2C/C=C\C=C/C1(C#N)CC2(C)C(=O)Nc1nc(Cc2ccc(-c3ccccc3)cc2)cs1. The number of carbonyl (C=O) groups excluding carboxylic acids is 1. The summed E-state index contributed by atoms with van der Waals surface area (Å²) in [4.78, 5) is 18.8. The molecule has 0 aliphatic heterocycles. The number of hydrogen-bond donors (Lipinski definition) is 1. The quantitative estimate of drug-likeness (QED) is 0.313. The second-order valence-corrected chi connectivity index (χ2v) is 11.6. The molecule has 5 heteroatoms. The van der Waals surface area contributed by atoms with Crippen LogP contribution in [0, 0.1) is 40.9 Å². The number of amides is 1. The second kappa shape index (κ2) is 13.8. The first kappa shape index (κ1) is 30.3. The number of hydrogen-bond acceptors (Lipinski definition) is 4. The number of benzene rings is 2. The van der Waals surface area contributed by atoms with Crippen LogP contribution < -0.4 is 5.32 Å². The first-order chi connectivity index (χ1) is 20.4. The molecule has 0 saturated heterocycles.